The fourth-order valence-corrected chi connectivity index (χ4v) is 1.85. The fourth-order valence-electron chi connectivity index (χ4n) is 1.85. The molecule has 0 aromatic rings. The van der Waals surface area contributed by atoms with Crippen molar-refractivity contribution >= 4 is 0 Å². The third-order valence-electron chi connectivity index (χ3n) is 2.76. The summed E-state index contributed by atoms with van der Waals surface area (Å²) in [5.41, 5.74) is 0. The summed E-state index contributed by atoms with van der Waals surface area (Å²) >= 11 is 0. The van der Waals surface area contributed by atoms with Crippen molar-refractivity contribution in [1.82, 2.24) is 0 Å². The van der Waals surface area contributed by atoms with Crippen LogP contribution in [0.25, 0.3) is 0 Å². The minimum Gasteiger partial charge on any atom is -0.382 e. The number of rotatable bonds is 6. The first-order valence-corrected chi connectivity index (χ1v) is 5.50. The summed E-state index contributed by atoms with van der Waals surface area (Å²) in [6.07, 6.45) is 6.96. The lowest BCUT2D eigenvalue weighted by Crippen LogP contribution is -2.28. The highest BCUT2D eigenvalue weighted by Gasteiger charge is 2.16. The van der Waals surface area contributed by atoms with E-state index < -0.39 is 0 Å². The molecule has 0 aromatic carbocycles. The van der Waals surface area contributed by atoms with Crippen molar-refractivity contribution in [1.29, 1.82) is 0 Å². The molecule has 0 heterocycles. The summed E-state index contributed by atoms with van der Waals surface area (Å²) in [7, 11) is 3.39. The molecule has 0 radical (unpaired) electrons. The van der Waals surface area contributed by atoms with Gasteiger partial charge in [-0.3, -0.25) is 0 Å². The molecule has 1 aliphatic carbocycles. The van der Waals surface area contributed by atoms with Gasteiger partial charge in [-0.25, -0.2) is 0 Å². The van der Waals surface area contributed by atoms with Crippen LogP contribution >= 0.6 is 0 Å². The molecule has 0 amide bonds. The van der Waals surface area contributed by atoms with E-state index in [-0.39, 0.29) is 6.10 Å². The van der Waals surface area contributed by atoms with Gasteiger partial charge in [-0.1, -0.05) is 19.3 Å². The summed E-state index contributed by atoms with van der Waals surface area (Å²) in [5, 5.41) is 0. The average molecular weight is 202 g/mol. The molecule has 0 N–H and O–H groups in total. The quantitative estimate of drug-likeness (QED) is 0.659. The Kier molecular flexibility index (Phi) is 6.15. The largest absolute Gasteiger partial charge is 0.382 e. The monoisotopic (exact) mass is 202 g/mol. The van der Waals surface area contributed by atoms with Crippen LogP contribution in [0.2, 0.25) is 0 Å². The van der Waals surface area contributed by atoms with E-state index >= 15 is 0 Å². The Morgan fingerprint density at radius 2 is 1.79 bits per heavy atom. The first-order chi connectivity index (χ1) is 6.86. The van der Waals surface area contributed by atoms with Crippen molar-refractivity contribution < 1.29 is 14.2 Å². The Hall–Kier alpha value is -0.120. The van der Waals surface area contributed by atoms with Gasteiger partial charge in [0.15, 0.2) is 0 Å². The van der Waals surface area contributed by atoms with Crippen LogP contribution < -0.4 is 0 Å². The summed E-state index contributed by atoms with van der Waals surface area (Å²) in [6, 6.07) is 0. The highest BCUT2D eigenvalue weighted by Crippen LogP contribution is 2.20. The van der Waals surface area contributed by atoms with Crippen LogP contribution in [0.5, 0.6) is 0 Å². The van der Waals surface area contributed by atoms with Gasteiger partial charge in [0, 0.05) is 14.2 Å². The molecule has 1 atom stereocenters. The van der Waals surface area contributed by atoms with Gasteiger partial charge in [0.05, 0.1) is 19.3 Å². The van der Waals surface area contributed by atoms with Crippen LogP contribution in [0.3, 0.4) is 0 Å². The Labute approximate surface area is 86.7 Å². The van der Waals surface area contributed by atoms with Crippen molar-refractivity contribution in [3.63, 3.8) is 0 Å². The van der Waals surface area contributed by atoms with Gasteiger partial charge in [0.25, 0.3) is 0 Å². The fraction of sp³-hybridized carbons (Fsp3) is 1.00. The lowest BCUT2D eigenvalue weighted by molar-refractivity contribution is -0.0620. The Bertz CT molecular complexity index is 128. The van der Waals surface area contributed by atoms with Crippen molar-refractivity contribution in [2.45, 2.75) is 44.3 Å². The second kappa shape index (κ2) is 7.21. The zero-order valence-electron chi connectivity index (χ0n) is 9.33. The van der Waals surface area contributed by atoms with Gasteiger partial charge in [0.1, 0.15) is 6.10 Å². The molecule has 1 aliphatic rings. The second-order valence-electron chi connectivity index (χ2n) is 3.91. The van der Waals surface area contributed by atoms with Gasteiger partial charge < -0.3 is 14.2 Å². The van der Waals surface area contributed by atoms with Gasteiger partial charge in [0.2, 0.25) is 0 Å². The van der Waals surface area contributed by atoms with Crippen LogP contribution in [0, 0.1) is 0 Å². The molecule has 1 unspecified atom stereocenters. The molecule has 1 fully saturated rings. The van der Waals surface area contributed by atoms with Gasteiger partial charge in [-0.15, -0.1) is 0 Å². The van der Waals surface area contributed by atoms with E-state index in [1.54, 1.807) is 14.2 Å². The average Bonchev–Trinajstić information content (AvgIpc) is 2.25. The van der Waals surface area contributed by atoms with Gasteiger partial charge in [-0.2, -0.15) is 0 Å². The molecule has 1 rings (SSSR count). The molecule has 3 nitrogen and oxygen atoms in total. The Balaban J connectivity index is 2.10. The highest BCUT2D eigenvalue weighted by molar-refractivity contribution is 4.66. The summed E-state index contributed by atoms with van der Waals surface area (Å²) in [6.45, 7) is 1.28. The zero-order chi connectivity index (χ0) is 10.2. The van der Waals surface area contributed by atoms with Crippen LogP contribution in [0.15, 0.2) is 0 Å². The highest BCUT2D eigenvalue weighted by atomic mass is 16.6. The molecule has 0 aliphatic heterocycles. The summed E-state index contributed by atoms with van der Waals surface area (Å²) in [5.74, 6) is 0. The minimum atomic E-state index is 0.0851. The van der Waals surface area contributed by atoms with E-state index in [9.17, 15) is 0 Å². The minimum absolute atomic E-state index is 0.0851. The number of methoxy groups -OCH3 is 2. The SMILES string of the molecule is COCC(COC1CCCCC1)OC. The van der Waals surface area contributed by atoms with Crippen molar-refractivity contribution in [3.05, 3.63) is 0 Å². The molecule has 0 aromatic heterocycles. The van der Waals surface area contributed by atoms with E-state index in [4.69, 9.17) is 14.2 Å². The topological polar surface area (TPSA) is 27.7 Å². The molecule has 14 heavy (non-hydrogen) atoms. The number of hydrogen-bond donors (Lipinski definition) is 0. The second-order valence-corrected chi connectivity index (χ2v) is 3.91. The van der Waals surface area contributed by atoms with Crippen molar-refractivity contribution in [2.24, 2.45) is 0 Å². The predicted octanol–water partition coefficient (Wildman–Crippen LogP) is 2.00. The van der Waals surface area contributed by atoms with E-state index in [0.717, 1.165) is 0 Å². The lowest BCUT2D eigenvalue weighted by atomic mass is 9.98. The van der Waals surface area contributed by atoms with Crippen LogP contribution in [0.4, 0.5) is 0 Å². The summed E-state index contributed by atoms with van der Waals surface area (Å²) in [4.78, 5) is 0. The maximum Gasteiger partial charge on any atom is 0.104 e. The van der Waals surface area contributed by atoms with Gasteiger partial charge >= 0.3 is 0 Å². The van der Waals surface area contributed by atoms with Gasteiger partial charge in [-0.05, 0) is 12.8 Å². The third-order valence-corrected chi connectivity index (χ3v) is 2.76. The molecule has 0 spiro atoms. The standard InChI is InChI=1S/C11H22O3/c1-12-8-11(13-2)9-14-10-6-4-3-5-7-10/h10-11H,3-9H2,1-2H3. The molecule has 3 heteroatoms. The van der Waals surface area contributed by atoms with E-state index in [1.807, 2.05) is 0 Å². The lowest BCUT2D eigenvalue weighted by Gasteiger charge is -2.24. The van der Waals surface area contributed by atoms with Crippen LogP contribution in [0.1, 0.15) is 32.1 Å². The van der Waals surface area contributed by atoms with Crippen LogP contribution in [-0.4, -0.2) is 39.6 Å². The third kappa shape index (κ3) is 4.40. The number of ether oxygens (including phenoxy) is 3. The molecule has 0 bridgehead atoms. The first kappa shape index (κ1) is 12.0. The molecular weight excluding hydrogens is 180 g/mol. The normalized spacial score (nSPS) is 21.0. The molecule has 1 saturated carbocycles. The van der Waals surface area contributed by atoms with E-state index in [0.29, 0.717) is 19.3 Å². The maximum atomic E-state index is 5.78. The predicted molar refractivity (Wildman–Crippen MR) is 55.5 cm³/mol. The first-order valence-electron chi connectivity index (χ1n) is 5.50. The molecular formula is C11H22O3. The molecule has 84 valence electrons. The smallest absolute Gasteiger partial charge is 0.104 e. The Morgan fingerprint density at radius 1 is 1.07 bits per heavy atom. The maximum absolute atomic E-state index is 5.78. The van der Waals surface area contributed by atoms with Crippen LogP contribution in [-0.2, 0) is 14.2 Å². The molecule has 0 saturated heterocycles. The summed E-state index contributed by atoms with van der Waals surface area (Å²) < 4.78 is 16.0. The number of hydrogen-bond acceptors (Lipinski definition) is 3. The van der Waals surface area contributed by atoms with E-state index in [1.165, 1.54) is 32.1 Å². The Morgan fingerprint density at radius 3 is 2.36 bits per heavy atom. The van der Waals surface area contributed by atoms with Crippen molar-refractivity contribution in [2.75, 3.05) is 27.4 Å². The van der Waals surface area contributed by atoms with Crippen molar-refractivity contribution in [3.8, 4) is 0 Å². The van der Waals surface area contributed by atoms with E-state index in [2.05, 4.69) is 0 Å². The zero-order valence-corrected chi connectivity index (χ0v) is 9.33.